The van der Waals surface area contributed by atoms with Crippen molar-refractivity contribution in [1.82, 2.24) is 9.78 Å². The molecule has 0 amide bonds. The van der Waals surface area contributed by atoms with Gasteiger partial charge in [-0.3, -0.25) is 4.68 Å². The maximum atomic E-state index is 11.9. The summed E-state index contributed by atoms with van der Waals surface area (Å²) in [6, 6.07) is 2.16. The third-order valence-electron chi connectivity index (χ3n) is 11.3. The van der Waals surface area contributed by atoms with Crippen LogP contribution in [0, 0.1) is 64.1 Å². The van der Waals surface area contributed by atoms with E-state index in [1.807, 2.05) is 13.8 Å². The summed E-state index contributed by atoms with van der Waals surface area (Å²) < 4.78 is 1.79. The molecule has 1 heterocycles. The number of aromatic nitrogens is 2. The molecule has 0 aliphatic heterocycles. The second-order valence-electron chi connectivity index (χ2n) is 13.5. The van der Waals surface area contributed by atoms with E-state index in [0.29, 0.717) is 35.8 Å². The molecule has 0 aromatic carbocycles. The zero-order chi connectivity index (χ0) is 23.2. The summed E-state index contributed by atoms with van der Waals surface area (Å²) in [5.41, 5.74) is -0.531. The van der Waals surface area contributed by atoms with Crippen LogP contribution < -0.4 is 0 Å². The molecule has 0 spiro atoms. The van der Waals surface area contributed by atoms with Crippen molar-refractivity contribution in [2.75, 3.05) is 0 Å². The van der Waals surface area contributed by atoms with Crippen molar-refractivity contribution in [3.8, 4) is 6.07 Å². The molecule has 180 valence electrons. The third-order valence-corrected chi connectivity index (χ3v) is 11.3. The van der Waals surface area contributed by atoms with Crippen molar-refractivity contribution in [1.29, 1.82) is 5.26 Å². The molecule has 6 rings (SSSR count). The number of nitriles is 1. The van der Waals surface area contributed by atoms with Crippen molar-refractivity contribution in [2.45, 2.75) is 96.3 Å². The Hall–Kier alpha value is -1.38. The van der Waals surface area contributed by atoms with Crippen LogP contribution in [-0.2, 0) is 6.54 Å². The highest BCUT2D eigenvalue weighted by Gasteiger charge is 2.66. The number of aliphatic hydroxyl groups is 2. The number of rotatable bonds is 3. The highest BCUT2D eigenvalue weighted by molar-refractivity contribution is 5.22. The van der Waals surface area contributed by atoms with Crippen LogP contribution in [0.25, 0.3) is 0 Å². The van der Waals surface area contributed by atoms with E-state index in [1.165, 1.54) is 44.9 Å². The summed E-state index contributed by atoms with van der Waals surface area (Å²) in [5, 5.41) is 36.2. The Kier molecular flexibility index (Phi) is 4.90. The summed E-state index contributed by atoms with van der Waals surface area (Å²) in [6.45, 7) is 7.08. The van der Waals surface area contributed by atoms with Gasteiger partial charge in [0.2, 0.25) is 0 Å². The minimum Gasteiger partial charge on any atom is -0.390 e. The second-order valence-corrected chi connectivity index (χ2v) is 13.5. The monoisotopic (exact) mass is 451 g/mol. The van der Waals surface area contributed by atoms with Crippen LogP contribution in [0.15, 0.2) is 12.4 Å². The summed E-state index contributed by atoms with van der Waals surface area (Å²) in [7, 11) is 0. The Morgan fingerprint density at radius 2 is 1.88 bits per heavy atom. The summed E-state index contributed by atoms with van der Waals surface area (Å²) in [4.78, 5) is 0. The second kappa shape index (κ2) is 7.31. The lowest BCUT2D eigenvalue weighted by atomic mass is 9.43. The maximum Gasteiger partial charge on any atom is 0.102 e. The molecular formula is C28H41N3O2. The molecule has 5 heteroatoms. The molecule has 11 atom stereocenters. The lowest BCUT2D eigenvalue weighted by Crippen LogP contribution is -2.59. The lowest BCUT2D eigenvalue weighted by molar-refractivity contribution is -0.174. The molecule has 1 aromatic rings. The van der Waals surface area contributed by atoms with Gasteiger partial charge >= 0.3 is 0 Å². The average Bonchev–Trinajstić information content (AvgIpc) is 3.36. The van der Waals surface area contributed by atoms with Crippen molar-refractivity contribution in [3.05, 3.63) is 18.0 Å². The predicted molar refractivity (Wildman–Crippen MR) is 126 cm³/mol. The zero-order valence-electron chi connectivity index (χ0n) is 20.6. The van der Waals surface area contributed by atoms with E-state index in [4.69, 9.17) is 0 Å². The van der Waals surface area contributed by atoms with E-state index in [2.05, 4.69) is 18.1 Å². The topological polar surface area (TPSA) is 82.1 Å². The van der Waals surface area contributed by atoms with Crippen LogP contribution in [0.5, 0.6) is 0 Å². The van der Waals surface area contributed by atoms with E-state index < -0.39 is 11.2 Å². The van der Waals surface area contributed by atoms with Gasteiger partial charge in [-0.1, -0.05) is 6.92 Å². The third kappa shape index (κ3) is 3.50. The van der Waals surface area contributed by atoms with Crippen LogP contribution in [0.2, 0.25) is 0 Å². The molecule has 0 bridgehead atoms. The van der Waals surface area contributed by atoms with Crippen LogP contribution in [0.1, 0.15) is 84.1 Å². The molecule has 5 saturated carbocycles. The predicted octanol–water partition coefficient (Wildman–Crippen LogP) is 4.77. The van der Waals surface area contributed by atoms with Crippen molar-refractivity contribution >= 4 is 0 Å². The minimum absolute atomic E-state index is 0.181. The Morgan fingerprint density at radius 3 is 2.64 bits per heavy atom. The van der Waals surface area contributed by atoms with Gasteiger partial charge in [-0.2, -0.15) is 10.4 Å². The van der Waals surface area contributed by atoms with Crippen molar-refractivity contribution in [3.63, 3.8) is 0 Å². The molecule has 5 aliphatic carbocycles. The molecule has 0 unspecified atom stereocenters. The molecule has 33 heavy (non-hydrogen) atoms. The molecule has 1 aromatic heterocycles. The van der Waals surface area contributed by atoms with Gasteiger partial charge in [-0.15, -0.1) is 0 Å². The summed E-state index contributed by atoms with van der Waals surface area (Å²) in [5.74, 6) is 5.58. The van der Waals surface area contributed by atoms with Gasteiger partial charge < -0.3 is 10.2 Å². The summed E-state index contributed by atoms with van der Waals surface area (Å²) in [6.07, 6.45) is 14.3. The molecule has 5 aliphatic rings. The Bertz CT molecular complexity index is 961. The van der Waals surface area contributed by atoms with Gasteiger partial charge in [0.25, 0.3) is 0 Å². The van der Waals surface area contributed by atoms with Crippen molar-refractivity contribution < 1.29 is 10.2 Å². The van der Waals surface area contributed by atoms with Gasteiger partial charge in [-0.05, 0) is 124 Å². The fourth-order valence-electron chi connectivity index (χ4n) is 10.1. The number of hydrogen-bond donors (Lipinski definition) is 2. The van der Waals surface area contributed by atoms with Crippen LogP contribution in [0.3, 0.4) is 0 Å². The number of nitrogens with zero attached hydrogens (tertiary/aromatic N) is 3. The number of fused-ring (bicyclic) bond motifs is 6. The van der Waals surface area contributed by atoms with E-state index in [0.717, 1.165) is 36.5 Å². The highest BCUT2D eigenvalue weighted by Crippen LogP contribution is 2.71. The molecular weight excluding hydrogens is 410 g/mol. The molecule has 0 radical (unpaired) electrons. The molecule has 5 nitrogen and oxygen atoms in total. The first-order chi connectivity index (χ1) is 15.6. The van der Waals surface area contributed by atoms with Gasteiger partial charge in [0.05, 0.1) is 29.5 Å². The van der Waals surface area contributed by atoms with Crippen molar-refractivity contribution in [2.24, 2.45) is 52.8 Å². The first-order valence-corrected chi connectivity index (χ1v) is 13.5. The smallest absolute Gasteiger partial charge is 0.102 e. The Balaban J connectivity index is 1.26. The van der Waals surface area contributed by atoms with Crippen LogP contribution in [-0.4, -0.2) is 31.2 Å². The standard InChI is InChI=1S/C28H41N3O2/c1-26(32)8-6-20-18(12-26)4-5-22-21(20)7-9-27(2)24(22)11-19-10-23(19)25(27)28(3,33)16-31-15-17(13-29)14-30-31/h14-15,18-25,32-33H,4-12,16H2,1-3H3/t18-,19-,20+,21-,22-,23-,24+,25+,26-,27+,28+/m1/s1. The van der Waals surface area contributed by atoms with Crippen LogP contribution >= 0.6 is 0 Å². The first kappa shape index (κ1) is 22.1. The lowest BCUT2D eigenvalue weighted by Gasteiger charge is -2.62. The van der Waals surface area contributed by atoms with E-state index in [1.54, 1.807) is 17.1 Å². The number of hydrogen-bond acceptors (Lipinski definition) is 4. The highest BCUT2D eigenvalue weighted by atomic mass is 16.3. The van der Waals surface area contributed by atoms with Gasteiger partial charge in [-0.25, -0.2) is 0 Å². The largest absolute Gasteiger partial charge is 0.390 e. The summed E-state index contributed by atoms with van der Waals surface area (Å²) >= 11 is 0. The first-order valence-electron chi connectivity index (χ1n) is 13.5. The molecule has 2 N–H and O–H groups in total. The van der Waals surface area contributed by atoms with Crippen LogP contribution in [0.4, 0.5) is 0 Å². The molecule has 5 fully saturated rings. The van der Waals surface area contributed by atoms with E-state index in [-0.39, 0.29) is 5.41 Å². The SMILES string of the molecule is C[C@@]1(O)CC[C@H]2[C@H](CC[C@@H]3[C@@H]2CC[C@@]2(C)[C@H]3C[C@H]3C[C@H]3[C@@H]2[C@@](C)(O)Cn2cc(C#N)cn2)C1. The normalized spacial score (nSPS) is 50.1. The average molecular weight is 452 g/mol. The van der Waals surface area contributed by atoms with Gasteiger partial charge in [0.15, 0.2) is 0 Å². The molecule has 0 saturated heterocycles. The van der Waals surface area contributed by atoms with E-state index >= 15 is 0 Å². The van der Waals surface area contributed by atoms with Gasteiger partial charge in [0.1, 0.15) is 6.07 Å². The Labute approximate surface area is 198 Å². The quantitative estimate of drug-likeness (QED) is 0.693. The Morgan fingerprint density at radius 1 is 1.09 bits per heavy atom. The minimum atomic E-state index is -0.820. The fourth-order valence-corrected chi connectivity index (χ4v) is 10.1. The maximum absolute atomic E-state index is 11.9. The zero-order valence-corrected chi connectivity index (χ0v) is 20.6. The fraction of sp³-hybridized carbons (Fsp3) is 0.857. The van der Waals surface area contributed by atoms with Gasteiger partial charge in [0, 0.05) is 6.20 Å². The van der Waals surface area contributed by atoms with E-state index in [9.17, 15) is 15.5 Å².